The Hall–Kier alpha value is 1.13. The van der Waals surface area contributed by atoms with E-state index in [4.69, 9.17) is 0 Å². The van der Waals surface area contributed by atoms with E-state index in [0.717, 1.165) is 11.8 Å². The molecule has 0 N–H and O–H groups in total. The van der Waals surface area contributed by atoms with Crippen LogP contribution in [-0.4, -0.2) is 16.9 Å². The van der Waals surface area contributed by atoms with Crippen LogP contribution in [0.25, 0.3) is 5.32 Å². The monoisotopic (exact) mass is 155 g/mol. The number of carbonyl (C=O) groups excluding carboxylic acids is 2. The van der Waals surface area contributed by atoms with Gasteiger partial charge in [0, 0.05) is 5.75 Å². The van der Waals surface area contributed by atoms with Crippen molar-refractivity contribution in [1.82, 2.24) is 0 Å². The Kier molecular flexibility index (Phi) is 4.59. The second-order valence-corrected chi connectivity index (χ2v) is 1.99. The molecule has 8 heavy (non-hydrogen) atoms. The fraction of sp³-hybridized carbons (Fsp3) is 0.333. The van der Waals surface area contributed by atoms with E-state index in [-0.39, 0.29) is 68.3 Å². The quantitative estimate of drug-likeness (QED) is 0.372. The van der Waals surface area contributed by atoms with E-state index in [9.17, 15) is 9.59 Å². The van der Waals surface area contributed by atoms with Gasteiger partial charge in [-0.3, -0.25) is 0 Å². The summed E-state index contributed by atoms with van der Waals surface area (Å²) in [5.41, 5.74) is 0. The smallest absolute Gasteiger partial charge is 0.586 e. The predicted octanol–water partition coefficient (Wildman–Crippen LogP) is -2.24. The molecule has 3 nitrogen and oxygen atoms in total. The molecule has 0 aromatic heterocycles. The Balaban J connectivity index is 0.000000490. The molecular formula is C3H2KNO2S. The maximum atomic E-state index is 10.0. The van der Waals surface area contributed by atoms with Gasteiger partial charge in [0.1, 0.15) is 5.24 Å². The Bertz CT molecular complexity index is 112. The SMILES string of the molecule is O=C1CSC(=O)[N-]1.[K+]. The summed E-state index contributed by atoms with van der Waals surface area (Å²) in [5.74, 6) is -0.0752. The first-order chi connectivity index (χ1) is 3.29. The maximum absolute atomic E-state index is 10.0. The molecule has 5 heteroatoms. The van der Waals surface area contributed by atoms with Crippen molar-refractivity contribution in [3.8, 4) is 0 Å². The first-order valence-corrected chi connectivity index (χ1v) is 2.69. The normalized spacial score (nSPS) is 17.5. The number of carbonyl (C=O) groups is 2. The van der Waals surface area contributed by atoms with Gasteiger partial charge in [0.25, 0.3) is 0 Å². The van der Waals surface area contributed by atoms with Gasteiger partial charge in [0.05, 0.1) is 5.91 Å². The average molecular weight is 155 g/mol. The van der Waals surface area contributed by atoms with Crippen LogP contribution in [-0.2, 0) is 4.79 Å². The molecule has 0 aromatic carbocycles. The van der Waals surface area contributed by atoms with Crippen molar-refractivity contribution in [2.24, 2.45) is 0 Å². The van der Waals surface area contributed by atoms with Crippen molar-refractivity contribution in [1.29, 1.82) is 0 Å². The average Bonchev–Trinajstić information content (AvgIpc) is 1.87. The summed E-state index contributed by atoms with van der Waals surface area (Å²) in [5, 5.41) is 2.72. The topological polar surface area (TPSA) is 48.2 Å². The van der Waals surface area contributed by atoms with Gasteiger partial charge in [0.15, 0.2) is 0 Å². The molecule has 0 unspecified atom stereocenters. The molecule has 1 saturated heterocycles. The maximum Gasteiger partial charge on any atom is 1.00 e. The van der Waals surface area contributed by atoms with Gasteiger partial charge >= 0.3 is 51.4 Å². The standard InChI is InChI=1S/C3H3NO2S.K/c5-2-1-7-3(6)4-2;/h1H2,(H,4,5,6);/q;+1/p-1. The van der Waals surface area contributed by atoms with Crippen molar-refractivity contribution >= 4 is 22.9 Å². The molecular weight excluding hydrogens is 153 g/mol. The Morgan fingerprint density at radius 3 is 2.25 bits per heavy atom. The van der Waals surface area contributed by atoms with Crippen LogP contribution in [0, 0.1) is 0 Å². The van der Waals surface area contributed by atoms with Crippen LogP contribution in [0.4, 0.5) is 4.79 Å². The summed E-state index contributed by atoms with van der Waals surface area (Å²) >= 11 is 0.950. The molecule has 1 rings (SSSR count). The minimum Gasteiger partial charge on any atom is -0.586 e. The van der Waals surface area contributed by atoms with Crippen LogP contribution in [0.5, 0.6) is 0 Å². The number of thioether (sulfide) groups is 1. The molecule has 0 atom stereocenters. The van der Waals surface area contributed by atoms with Crippen molar-refractivity contribution in [2.45, 2.75) is 0 Å². The van der Waals surface area contributed by atoms with Crippen molar-refractivity contribution in [3.05, 3.63) is 5.32 Å². The Labute approximate surface area is 93.4 Å². The van der Waals surface area contributed by atoms with E-state index in [1.54, 1.807) is 0 Å². The molecule has 0 saturated carbocycles. The van der Waals surface area contributed by atoms with E-state index in [0.29, 0.717) is 0 Å². The van der Waals surface area contributed by atoms with E-state index in [1.807, 2.05) is 0 Å². The first kappa shape index (κ1) is 9.13. The fourth-order valence-corrected chi connectivity index (χ4v) is 0.768. The molecule has 1 aliphatic heterocycles. The first-order valence-electron chi connectivity index (χ1n) is 1.70. The zero-order valence-electron chi connectivity index (χ0n) is 4.38. The second-order valence-electron chi connectivity index (χ2n) is 1.06. The van der Waals surface area contributed by atoms with E-state index >= 15 is 0 Å². The van der Waals surface area contributed by atoms with Crippen molar-refractivity contribution in [2.75, 3.05) is 5.75 Å². The minimum atomic E-state index is -0.356. The van der Waals surface area contributed by atoms with E-state index in [1.165, 1.54) is 0 Å². The zero-order chi connectivity index (χ0) is 5.28. The van der Waals surface area contributed by atoms with Gasteiger partial charge in [-0.1, -0.05) is 0 Å². The molecule has 1 heterocycles. The Morgan fingerprint density at radius 1 is 1.50 bits per heavy atom. The molecule has 0 aliphatic carbocycles. The summed E-state index contributed by atoms with van der Waals surface area (Å²) in [4.78, 5) is 20.1. The fourth-order valence-electron chi connectivity index (χ4n) is 0.290. The van der Waals surface area contributed by atoms with Crippen LogP contribution in [0.15, 0.2) is 0 Å². The van der Waals surface area contributed by atoms with Crippen LogP contribution in [0.1, 0.15) is 0 Å². The number of imide groups is 1. The second kappa shape index (κ2) is 4.02. The molecule has 0 radical (unpaired) electrons. The van der Waals surface area contributed by atoms with Crippen LogP contribution in [0.2, 0.25) is 0 Å². The third-order valence-electron chi connectivity index (χ3n) is 0.535. The third-order valence-corrected chi connectivity index (χ3v) is 1.26. The van der Waals surface area contributed by atoms with Gasteiger partial charge in [-0.05, 0) is 0 Å². The third kappa shape index (κ3) is 2.61. The van der Waals surface area contributed by atoms with Crippen molar-refractivity contribution < 1.29 is 61.0 Å². The summed E-state index contributed by atoms with van der Waals surface area (Å²) in [6.07, 6.45) is 0. The van der Waals surface area contributed by atoms with E-state index in [2.05, 4.69) is 5.32 Å². The predicted molar refractivity (Wildman–Crippen MR) is 26.2 cm³/mol. The van der Waals surface area contributed by atoms with Crippen LogP contribution >= 0.6 is 11.8 Å². The minimum absolute atomic E-state index is 0. The van der Waals surface area contributed by atoms with Gasteiger partial charge in [-0.15, -0.1) is 11.8 Å². The number of nitrogens with zero attached hydrogens (tertiary/aromatic N) is 1. The molecule has 1 fully saturated rings. The molecule has 0 bridgehead atoms. The number of amides is 2. The Morgan fingerprint density at radius 2 is 2.12 bits per heavy atom. The zero-order valence-corrected chi connectivity index (χ0v) is 8.32. The largest absolute Gasteiger partial charge is 1.00 e. The van der Waals surface area contributed by atoms with Gasteiger partial charge in [-0.25, -0.2) is 0 Å². The summed E-state index contributed by atoms with van der Waals surface area (Å²) in [6.45, 7) is 0. The summed E-state index contributed by atoms with van der Waals surface area (Å²) < 4.78 is 0. The molecule has 0 spiro atoms. The number of hydrogen-bond acceptors (Lipinski definition) is 3. The molecule has 1 aliphatic rings. The summed E-state index contributed by atoms with van der Waals surface area (Å²) in [7, 11) is 0. The van der Waals surface area contributed by atoms with Gasteiger partial charge < -0.3 is 14.9 Å². The number of hydrogen-bond donors (Lipinski definition) is 0. The van der Waals surface area contributed by atoms with Gasteiger partial charge in [0.2, 0.25) is 0 Å². The van der Waals surface area contributed by atoms with Crippen LogP contribution in [0.3, 0.4) is 0 Å². The molecule has 2 amide bonds. The van der Waals surface area contributed by atoms with Gasteiger partial charge in [-0.2, -0.15) is 0 Å². The number of rotatable bonds is 0. The molecule has 38 valence electrons. The van der Waals surface area contributed by atoms with Crippen molar-refractivity contribution in [3.63, 3.8) is 0 Å². The summed E-state index contributed by atoms with van der Waals surface area (Å²) in [6, 6.07) is 0. The van der Waals surface area contributed by atoms with E-state index < -0.39 is 0 Å². The van der Waals surface area contributed by atoms with Crippen LogP contribution < -0.4 is 51.4 Å². The molecule has 0 aromatic rings.